The molecule has 1 amide bonds. The Kier molecular flexibility index (Phi) is 5.80. The molecule has 1 heterocycles. The zero-order chi connectivity index (χ0) is 20.3. The Labute approximate surface area is 164 Å². The lowest BCUT2D eigenvalue weighted by molar-refractivity contribution is -0.140. The number of carbonyl (C=O) groups excluding carboxylic acids is 2. The van der Waals surface area contributed by atoms with Gasteiger partial charge < -0.3 is 19.5 Å². The molecule has 1 atom stereocenters. The van der Waals surface area contributed by atoms with Gasteiger partial charge in [0.1, 0.15) is 11.5 Å². The molecule has 1 saturated heterocycles. The Bertz CT molecular complexity index is 900. The van der Waals surface area contributed by atoms with Crippen molar-refractivity contribution in [1.29, 1.82) is 0 Å². The average molecular weight is 381 g/mol. The van der Waals surface area contributed by atoms with E-state index in [4.69, 9.17) is 9.47 Å². The topological polar surface area (TPSA) is 76.1 Å². The van der Waals surface area contributed by atoms with Crippen LogP contribution in [0.2, 0.25) is 0 Å². The normalized spacial score (nSPS) is 18.5. The van der Waals surface area contributed by atoms with E-state index in [-0.39, 0.29) is 24.5 Å². The molecule has 6 nitrogen and oxygen atoms in total. The smallest absolute Gasteiger partial charge is 0.295 e. The second-order valence-electron chi connectivity index (χ2n) is 6.62. The number of ether oxygens (including phenoxy) is 2. The first kappa shape index (κ1) is 19.6. The first-order valence-corrected chi connectivity index (χ1v) is 8.96. The third-order valence-corrected chi connectivity index (χ3v) is 4.83. The Balaban J connectivity index is 2.13. The maximum atomic E-state index is 12.8. The molecule has 0 aliphatic carbocycles. The van der Waals surface area contributed by atoms with Gasteiger partial charge in [0.05, 0.1) is 25.3 Å². The van der Waals surface area contributed by atoms with Crippen LogP contribution in [-0.2, 0) is 14.3 Å². The molecule has 2 aromatic carbocycles. The number of aryl methyl sites for hydroxylation is 1. The van der Waals surface area contributed by atoms with Crippen molar-refractivity contribution in [2.75, 3.05) is 27.4 Å². The predicted octanol–water partition coefficient (Wildman–Crippen LogP) is 3.07. The van der Waals surface area contributed by atoms with Crippen LogP contribution in [0.15, 0.2) is 54.1 Å². The van der Waals surface area contributed by atoms with Crippen molar-refractivity contribution in [2.24, 2.45) is 0 Å². The molecule has 1 N–H and O–H groups in total. The molecule has 28 heavy (non-hydrogen) atoms. The number of nitrogens with zero attached hydrogens (tertiary/aromatic N) is 1. The van der Waals surface area contributed by atoms with Crippen LogP contribution in [0, 0.1) is 6.92 Å². The third-order valence-electron chi connectivity index (χ3n) is 4.83. The van der Waals surface area contributed by atoms with Crippen LogP contribution in [0.5, 0.6) is 5.75 Å². The fourth-order valence-electron chi connectivity index (χ4n) is 3.30. The summed E-state index contributed by atoms with van der Waals surface area (Å²) in [6.07, 6.45) is 0. The van der Waals surface area contributed by atoms with Crippen molar-refractivity contribution in [1.82, 2.24) is 4.90 Å². The number of methoxy groups -OCH3 is 2. The number of amides is 1. The van der Waals surface area contributed by atoms with Gasteiger partial charge in [-0.1, -0.05) is 42.0 Å². The molecule has 0 radical (unpaired) electrons. The molecule has 0 aromatic heterocycles. The van der Waals surface area contributed by atoms with E-state index < -0.39 is 17.7 Å². The van der Waals surface area contributed by atoms with Crippen LogP contribution in [-0.4, -0.2) is 49.1 Å². The molecule has 1 aliphatic rings. The summed E-state index contributed by atoms with van der Waals surface area (Å²) < 4.78 is 10.3. The predicted molar refractivity (Wildman–Crippen MR) is 105 cm³/mol. The number of aliphatic hydroxyl groups excluding tert-OH is 1. The van der Waals surface area contributed by atoms with E-state index in [0.29, 0.717) is 16.9 Å². The maximum Gasteiger partial charge on any atom is 0.295 e. The molecule has 0 unspecified atom stereocenters. The molecule has 0 saturated carbocycles. The zero-order valence-electron chi connectivity index (χ0n) is 16.1. The summed E-state index contributed by atoms with van der Waals surface area (Å²) in [5.41, 5.74) is 2.32. The Hall–Kier alpha value is -3.12. The van der Waals surface area contributed by atoms with Crippen molar-refractivity contribution >= 4 is 17.4 Å². The Morgan fingerprint density at radius 1 is 1.04 bits per heavy atom. The number of rotatable bonds is 6. The number of Topliss-reactive ketones (excluding diaryl/α,β-unsaturated/α-hetero) is 1. The lowest BCUT2D eigenvalue weighted by Gasteiger charge is -2.25. The lowest BCUT2D eigenvalue weighted by Crippen LogP contribution is -2.32. The zero-order valence-corrected chi connectivity index (χ0v) is 16.1. The molecule has 1 fully saturated rings. The Morgan fingerprint density at radius 3 is 2.25 bits per heavy atom. The van der Waals surface area contributed by atoms with Gasteiger partial charge in [-0.15, -0.1) is 0 Å². The monoisotopic (exact) mass is 381 g/mol. The van der Waals surface area contributed by atoms with Gasteiger partial charge in [-0.25, -0.2) is 0 Å². The number of hydrogen-bond acceptors (Lipinski definition) is 5. The van der Waals surface area contributed by atoms with E-state index in [9.17, 15) is 14.7 Å². The van der Waals surface area contributed by atoms with E-state index in [1.165, 1.54) is 12.0 Å². The van der Waals surface area contributed by atoms with E-state index in [0.717, 1.165) is 5.56 Å². The summed E-state index contributed by atoms with van der Waals surface area (Å²) in [7, 11) is 3.10. The highest BCUT2D eigenvalue weighted by atomic mass is 16.5. The summed E-state index contributed by atoms with van der Waals surface area (Å²) in [6, 6.07) is 13.6. The SMILES string of the molecule is COCCN1C(=O)C(=O)/C(=C(/O)c2ccc(C)cc2)[C@H]1c1ccc(OC)cc1. The molecule has 1 aliphatic heterocycles. The van der Waals surface area contributed by atoms with E-state index in [2.05, 4.69) is 0 Å². The van der Waals surface area contributed by atoms with Crippen LogP contribution in [0.3, 0.4) is 0 Å². The molecule has 6 heteroatoms. The summed E-state index contributed by atoms with van der Waals surface area (Å²) >= 11 is 0. The standard InChI is InChI=1S/C22H23NO5/c1-14-4-6-16(7-5-14)20(24)18-19(15-8-10-17(28-3)11-9-15)23(12-13-27-2)22(26)21(18)25/h4-11,19,24H,12-13H2,1-3H3/b20-18+/t19-/m1/s1. The molecule has 2 aromatic rings. The minimum atomic E-state index is -0.699. The van der Waals surface area contributed by atoms with E-state index in [1.54, 1.807) is 43.5 Å². The summed E-state index contributed by atoms with van der Waals surface area (Å²) in [4.78, 5) is 26.9. The fourth-order valence-corrected chi connectivity index (χ4v) is 3.30. The second-order valence-corrected chi connectivity index (χ2v) is 6.62. The molecule has 0 bridgehead atoms. The molecule has 0 spiro atoms. The number of likely N-dealkylation sites (tertiary alicyclic amines) is 1. The quantitative estimate of drug-likeness (QED) is 0.473. The number of hydrogen-bond donors (Lipinski definition) is 1. The highest BCUT2D eigenvalue weighted by Crippen LogP contribution is 2.39. The van der Waals surface area contributed by atoms with Gasteiger partial charge in [0.15, 0.2) is 0 Å². The fraction of sp³-hybridized carbons (Fsp3) is 0.273. The van der Waals surface area contributed by atoms with Crippen molar-refractivity contribution in [3.63, 3.8) is 0 Å². The van der Waals surface area contributed by atoms with Crippen LogP contribution >= 0.6 is 0 Å². The van der Waals surface area contributed by atoms with Crippen LogP contribution in [0.1, 0.15) is 22.7 Å². The van der Waals surface area contributed by atoms with Crippen molar-refractivity contribution in [3.05, 3.63) is 70.8 Å². The summed E-state index contributed by atoms with van der Waals surface area (Å²) in [5, 5.41) is 10.9. The van der Waals surface area contributed by atoms with Crippen LogP contribution < -0.4 is 4.74 Å². The minimum Gasteiger partial charge on any atom is -0.507 e. The third kappa shape index (κ3) is 3.64. The summed E-state index contributed by atoms with van der Waals surface area (Å²) in [6.45, 7) is 2.46. The number of benzene rings is 2. The number of carbonyl (C=O) groups is 2. The largest absolute Gasteiger partial charge is 0.507 e. The lowest BCUT2D eigenvalue weighted by atomic mass is 9.95. The number of aliphatic hydroxyl groups is 1. The van der Waals surface area contributed by atoms with Gasteiger partial charge in [-0.2, -0.15) is 0 Å². The van der Waals surface area contributed by atoms with Gasteiger partial charge >= 0.3 is 0 Å². The van der Waals surface area contributed by atoms with Crippen LogP contribution in [0.25, 0.3) is 5.76 Å². The van der Waals surface area contributed by atoms with Gasteiger partial charge in [-0.3, -0.25) is 9.59 Å². The average Bonchev–Trinajstić information content (AvgIpc) is 2.97. The highest BCUT2D eigenvalue weighted by Gasteiger charge is 2.45. The first-order chi connectivity index (χ1) is 13.5. The van der Waals surface area contributed by atoms with Crippen molar-refractivity contribution in [2.45, 2.75) is 13.0 Å². The summed E-state index contributed by atoms with van der Waals surface area (Å²) in [5.74, 6) is -0.864. The van der Waals surface area contributed by atoms with E-state index >= 15 is 0 Å². The minimum absolute atomic E-state index is 0.0788. The van der Waals surface area contributed by atoms with Crippen molar-refractivity contribution in [3.8, 4) is 5.75 Å². The van der Waals surface area contributed by atoms with Crippen LogP contribution in [0.4, 0.5) is 0 Å². The maximum absolute atomic E-state index is 12.8. The molecular weight excluding hydrogens is 358 g/mol. The van der Waals surface area contributed by atoms with Gasteiger partial charge in [0.25, 0.3) is 11.7 Å². The molecular formula is C22H23NO5. The number of ketones is 1. The van der Waals surface area contributed by atoms with Crippen molar-refractivity contribution < 1.29 is 24.2 Å². The van der Waals surface area contributed by atoms with E-state index in [1.807, 2.05) is 19.1 Å². The Morgan fingerprint density at radius 2 is 1.68 bits per heavy atom. The van der Waals surface area contributed by atoms with Gasteiger partial charge in [0.2, 0.25) is 0 Å². The molecule has 3 rings (SSSR count). The highest BCUT2D eigenvalue weighted by molar-refractivity contribution is 6.46. The van der Waals surface area contributed by atoms with Gasteiger partial charge in [-0.05, 0) is 24.6 Å². The van der Waals surface area contributed by atoms with Gasteiger partial charge in [0, 0.05) is 19.2 Å². The molecule has 146 valence electrons. The first-order valence-electron chi connectivity index (χ1n) is 8.96. The second kappa shape index (κ2) is 8.27.